The van der Waals surface area contributed by atoms with Gasteiger partial charge in [-0.25, -0.2) is 9.97 Å². The Bertz CT molecular complexity index is 495. The van der Waals surface area contributed by atoms with Gasteiger partial charge in [-0.3, -0.25) is 0 Å². The van der Waals surface area contributed by atoms with Crippen molar-refractivity contribution in [3.05, 3.63) is 17.1 Å². The first kappa shape index (κ1) is 14.7. The van der Waals surface area contributed by atoms with Gasteiger partial charge in [0, 0.05) is 31.5 Å². The summed E-state index contributed by atoms with van der Waals surface area (Å²) in [6, 6.07) is 2.21. The molecule has 20 heavy (non-hydrogen) atoms. The zero-order valence-electron chi connectivity index (χ0n) is 12.4. The first-order valence-electron chi connectivity index (χ1n) is 7.23. The summed E-state index contributed by atoms with van der Waals surface area (Å²) < 4.78 is 5.18. The molecule has 108 valence electrons. The van der Waals surface area contributed by atoms with E-state index in [1.165, 1.54) is 24.1 Å². The third kappa shape index (κ3) is 3.45. The number of aromatic nitrogens is 2. The first-order valence-corrected chi connectivity index (χ1v) is 7.23. The Labute approximate surface area is 120 Å². The lowest BCUT2D eigenvalue weighted by Crippen LogP contribution is -2.31. The number of nitrogens with zero attached hydrogens (tertiary/aromatic N) is 4. The van der Waals surface area contributed by atoms with Gasteiger partial charge >= 0.3 is 0 Å². The minimum absolute atomic E-state index is 0.502. The summed E-state index contributed by atoms with van der Waals surface area (Å²) in [6.45, 7) is 4.05. The monoisotopic (exact) mass is 274 g/mol. The van der Waals surface area contributed by atoms with Crippen molar-refractivity contribution in [1.29, 1.82) is 5.26 Å². The summed E-state index contributed by atoms with van der Waals surface area (Å²) >= 11 is 0. The second-order valence-electron chi connectivity index (χ2n) is 5.11. The van der Waals surface area contributed by atoms with Gasteiger partial charge in [0.2, 0.25) is 0 Å². The second-order valence-corrected chi connectivity index (χ2v) is 5.11. The number of nitriles is 1. The number of anilines is 1. The molecule has 0 saturated carbocycles. The van der Waals surface area contributed by atoms with E-state index in [0.29, 0.717) is 19.6 Å². The molecule has 0 bridgehead atoms. The van der Waals surface area contributed by atoms with E-state index in [1.807, 2.05) is 6.92 Å². The molecular formula is C15H22N4O. The third-order valence-electron chi connectivity index (χ3n) is 3.63. The molecule has 0 amide bonds. The van der Waals surface area contributed by atoms with Gasteiger partial charge in [0.1, 0.15) is 11.6 Å². The predicted octanol–water partition coefficient (Wildman–Crippen LogP) is 2.03. The molecule has 5 heteroatoms. The molecule has 0 atom stereocenters. The Morgan fingerprint density at radius 2 is 2.05 bits per heavy atom. The van der Waals surface area contributed by atoms with Crippen molar-refractivity contribution in [2.45, 2.75) is 39.0 Å². The number of ether oxygens (including phenoxy) is 1. The normalized spacial score (nSPS) is 13.7. The van der Waals surface area contributed by atoms with Crippen molar-refractivity contribution in [2.75, 3.05) is 31.7 Å². The standard InChI is InChI=1S/C15H22N4O/c1-12-17-14-7-4-3-6-13(14)15(18-12)19(9-5-8-16)10-11-20-2/h3-7,9-11H2,1-2H3. The number of methoxy groups -OCH3 is 1. The topological polar surface area (TPSA) is 62.0 Å². The molecule has 1 aliphatic carbocycles. The maximum Gasteiger partial charge on any atom is 0.135 e. The van der Waals surface area contributed by atoms with E-state index in [1.54, 1.807) is 7.11 Å². The number of hydrogen-bond acceptors (Lipinski definition) is 5. The van der Waals surface area contributed by atoms with Crippen LogP contribution in [0.25, 0.3) is 0 Å². The van der Waals surface area contributed by atoms with Crippen LogP contribution in [-0.2, 0) is 17.6 Å². The van der Waals surface area contributed by atoms with Crippen LogP contribution < -0.4 is 4.90 Å². The van der Waals surface area contributed by atoms with E-state index in [2.05, 4.69) is 20.9 Å². The Morgan fingerprint density at radius 3 is 2.80 bits per heavy atom. The quantitative estimate of drug-likeness (QED) is 0.794. The summed E-state index contributed by atoms with van der Waals surface area (Å²) in [7, 11) is 1.70. The van der Waals surface area contributed by atoms with Gasteiger partial charge in [0.15, 0.2) is 0 Å². The molecule has 1 heterocycles. The fourth-order valence-electron chi connectivity index (χ4n) is 2.67. The van der Waals surface area contributed by atoms with Crippen LogP contribution in [-0.4, -0.2) is 36.8 Å². The highest BCUT2D eigenvalue weighted by molar-refractivity contribution is 5.50. The molecule has 0 fully saturated rings. The number of aryl methyl sites for hydroxylation is 2. The van der Waals surface area contributed by atoms with Crippen molar-refractivity contribution in [2.24, 2.45) is 0 Å². The fraction of sp³-hybridized carbons (Fsp3) is 0.667. The van der Waals surface area contributed by atoms with Gasteiger partial charge in [0.05, 0.1) is 19.1 Å². The van der Waals surface area contributed by atoms with Crippen molar-refractivity contribution >= 4 is 5.82 Å². The average molecular weight is 274 g/mol. The molecule has 1 aromatic heterocycles. The first-order chi connectivity index (χ1) is 9.76. The third-order valence-corrected chi connectivity index (χ3v) is 3.63. The summed E-state index contributed by atoms with van der Waals surface area (Å²) in [4.78, 5) is 11.4. The van der Waals surface area contributed by atoms with E-state index in [-0.39, 0.29) is 0 Å². The zero-order chi connectivity index (χ0) is 14.4. The Balaban J connectivity index is 2.30. The van der Waals surface area contributed by atoms with Crippen LogP contribution in [0.4, 0.5) is 5.82 Å². The van der Waals surface area contributed by atoms with Crippen LogP contribution in [0.15, 0.2) is 0 Å². The van der Waals surface area contributed by atoms with Crippen LogP contribution >= 0.6 is 0 Å². The number of fused-ring (bicyclic) bond motifs is 1. The van der Waals surface area contributed by atoms with Gasteiger partial charge in [0.25, 0.3) is 0 Å². The predicted molar refractivity (Wildman–Crippen MR) is 77.7 cm³/mol. The van der Waals surface area contributed by atoms with Crippen LogP contribution in [0, 0.1) is 18.3 Å². The Hall–Kier alpha value is -1.67. The molecule has 1 aliphatic rings. The van der Waals surface area contributed by atoms with Gasteiger partial charge in [-0.1, -0.05) is 0 Å². The number of hydrogen-bond donors (Lipinski definition) is 0. The lowest BCUT2D eigenvalue weighted by Gasteiger charge is -2.27. The molecule has 1 aromatic rings. The molecule has 0 aromatic carbocycles. The van der Waals surface area contributed by atoms with Gasteiger partial charge in [-0.2, -0.15) is 5.26 Å². The van der Waals surface area contributed by atoms with Crippen molar-refractivity contribution in [3.8, 4) is 6.07 Å². The summed E-state index contributed by atoms with van der Waals surface area (Å²) in [5.41, 5.74) is 2.47. The summed E-state index contributed by atoms with van der Waals surface area (Å²) in [5, 5.41) is 8.84. The molecule has 0 spiro atoms. The van der Waals surface area contributed by atoms with E-state index in [4.69, 9.17) is 10.00 Å². The Morgan fingerprint density at radius 1 is 1.25 bits per heavy atom. The maximum absolute atomic E-state index is 8.84. The minimum Gasteiger partial charge on any atom is -0.383 e. The van der Waals surface area contributed by atoms with Crippen LogP contribution in [0.2, 0.25) is 0 Å². The van der Waals surface area contributed by atoms with E-state index >= 15 is 0 Å². The van der Waals surface area contributed by atoms with E-state index < -0.39 is 0 Å². The molecule has 0 aliphatic heterocycles. The molecule has 5 nitrogen and oxygen atoms in total. The van der Waals surface area contributed by atoms with Crippen molar-refractivity contribution < 1.29 is 4.74 Å². The maximum atomic E-state index is 8.84. The molecule has 0 N–H and O–H groups in total. The lowest BCUT2D eigenvalue weighted by atomic mass is 9.96. The second kappa shape index (κ2) is 7.20. The van der Waals surface area contributed by atoms with Crippen molar-refractivity contribution in [1.82, 2.24) is 9.97 Å². The van der Waals surface area contributed by atoms with Gasteiger partial charge in [-0.15, -0.1) is 0 Å². The average Bonchev–Trinajstić information content (AvgIpc) is 2.46. The summed E-state index contributed by atoms with van der Waals surface area (Å²) in [6.07, 6.45) is 4.99. The van der Waals surface area contributed by atoms with Crippen LogP contribution in [0.1, 0.15) is 36.3 Å². The molecule has 0 unspecified atom stereocenters. The lowest BCUT2D eigenvalue weighted by molar-refractivity contribution is 0.205. The molecule has 0 radical (unpaired) electrons. The molecule has 2 rings (SSSR count). The summed E-state index contributed by atoms with van der Waals surface area (Å²) in [5.74, 6) is 1.83. The fourth-order valence-corrected chi connectivity index (χ4v) is 2.67. The molecular weight excluding hydrogens is 252 g/mol. The Kier molecular flexibility index (Phi) is 5.31. The van der Waals surface area contributed by atoms with Crippen LogP contribution in [0.5, 0.6) is 0 Å². The number of rotatable bonds is 6. The SMILES string of the molecule is COCCN(CCC#N)c1nc(C)nc2c1CCCC2. The molecule has 0 saturated heterocycles. The zero-order valence-corrected chi connectivity index (χ0v) is 12.4. The highest BCUT2D eigenvalue weighted by Gasteiger charge is 2.20. The van der Waals surface area contributed by atoms with Crippen LogP contribution in [0.3, 0.4) is 0 Å². The highest BCUT2D eigenvalue weighted by atomic mass is 16.5. The minimum atomic E-state index is 0.502. The van der Waals surface area contributed by atoms with Gasteiger partial charge < -0.3 is 9.64 Å². The van der Waals surface area contributed by atoms with Gasteiger partial charge in [-0.05, 0) is 32.6 Å². The largest absolute Gasteiger partial charge is 0.383 e. The smallest absolute Gasteiger partial charge is 0.135 e. The van der Waals surface area contributed by atoms with E-state index in [0.717, 1.165) is 31.0 Å². The highest BCUT2D eigenvalue weighted by Crippen LogP contribution is 2.28. The van der Waals surface area contributed by atoms with Crippen molar-refractivity contribution in [3.63, 3.8) is 0 Å². The van der Waals surface area contributed by atoms with E-state index in [9.17, 15) is 0 Å².